The molecule has 3 aromatic rings. The van der Waals surface area contributed by atoms with E-state index in [0.717, 1.165) is 15.7 Å². The highest BCUT2D eigenvalue weighted by atomic mass is 32.2. The van der Waals surface area contributed by atoms with Crippen molar-refractivity contribution in [3.8, 4) is 5.75 Å². The second-order valence-electron chi connectivity index (χ2n) is 7.63. The molecule has 0 aliphatic heterocycles. The lowest BCUT2D eigenvalue weighted by atomic mass is 10.2. The van der Waals surface area contributed by atoms with Crippen molar-refractivity contribution in [3.05, 3.63) is 83.7 Å². The number of aromatic nitrogens is 1. The minimum Gasteiger partial charge on any atom is -0.495 e. The van der Waals surface area contributed by atoms with Gasteiger partial charge in [0, 0.05) is 12.2 Å². The van der Waals surface area contributed by atoms with Gasteiger partial charge in [-0.3, -0.25) is 14.1 Å². The summed E-state index contributed by atoms with van der Waals surface area (Å²) in [5.41, 5.74) is 2.51. The Hall–Kier alpha value is -3.39. The largest absolute Gasteiger partial charge is 0.495 e. The van der Waals surface area contributed by atoms with Crippen molar-refractivity contribution >= 4 is 21.6 Å². The number of methoxy groups -OCH3 is 1. The van der Waals surface area contributed by atoms with Gasteiger partial charge in [-0.2, -0.15) is 0 Å². The van der Waals surface area contributed by atoms with E-state index in [-0.39, 0.29) is 17.3 Å². The van der Waals surface area contributed by atoms with E-state index in [9.17, 15) is 13.2 Å². The molecule has 3 rings (SSSR count). The maximum Gasteiger partial charge on any atom is 0.265 e. The minimum absolute atomic E-state index is 0.145. The third-order valence-electron chi connectivity index (χ3n) is 5.33. The van der Waals surface area contributed by atoms with Crippen molar-refractivity contribution in [2.45, 2.75) is 32.2 Å². The van der Waals surface area contributed by atoms with E-state index in [1.165, 1.54) is 7.11 Å². The van der Waals surface area contributed by atoms with Crippen LogP contribution in [-0.2, 0) is 21.4 Å². The van der Waals surface area contributed by atoms with Gasteiger partial charge in [0.05, 0.1) is 29.9 Å². The molecule has 7 nitrogen and oxygen atoms in total. The first-order valence-corrected chi connectivity index (χ1v) is 12.1. The molecule has 0 fully saturated rings. The zero-order chi connectivity index (χ0) is 24.0. The molecule has 33 heavy (non-hydrogen) atoms. The molecule has 8 heteroatoms. The molecule has 0 aliphatic carbocycles. The number of ether oxygens (including phenoxy) is 1. The van der Waals surface area contributed by atoms with Crippen molar-refractivity contribution in [2.75, 3.05) is 24.5 Å². The number of aryl methyl sites for hydroxylation is 2. The van der Waals surface area contributed by atoms with Crippen molar-refractivity contribution in [3.63, 3.8) is 0 Å². The summed E-state index contributed by atoms with van der Waals surface area (Å²) >= 11 is 0. The summed E-state index contributed by atoms with van der Waals surface area (Å²) < 4.78 is 34.1. The normalized spacial score (nSPS) is 11.2. The fraction of sp³-hybridized carbons (Fsp3) is 0.280. The molecule has 1 aromatic heterocycles. The Morgan fingerprint density at radius 2 is 1.67 bits per heavy atom. The van der Waals surface area contributed by atoms with E-state index in [2.05, 4.69) is 4.98 Å². The molecule has 1 heterocycles. The molecule has 1 amide bonds. The Labute approximate surface area is 195 Å². The number of nitrogens with zero attached hydrogens (tertiary/aromatic N) is 3. The van der Waals surface area contributed by atoms with Crippen LogP contribution in [-0.4, -0.2) is 44.4 Å². The van der Waals surface area contributed by atoms with Crippen LogP contribution in [0, 0.1) is 13.8 Å². The Bertz CT molecular complexity index is 1230. The predicted octanol–water partition coefficient (Wildman–Crippen LogP) is 3.95. The second-order valence-corrected chi connectivity index (χ2v) is 9.46. The molecule has 0 saturated heterocycles. The molecule has 0 saturated carbocycles. The summed E-state index contributed by atoms with van der Waals surface area (Å²) in [7, 11) is -2.57. The number of hydrogen-bond donors (Lipinski definition) is 0. The smallest absolute Gasteiger partial charge is 0.265 e. The van der Waals surface area contributed by atoms with Gasteiger partial charge >= 0.3 is 0 Å². The Morgan fingerprint density at radius 3 is 2.33 bits per heavy atom. The highest BCUT2D eigenvalue weighted by molar-refractivity contribution is 7.93. The van der Waals surface area contributed by atoms with E-state index >= 15 is 0 Å². The first kappa shape index (κ1) is 24.3. The third-order valence-corrected chi connectivity index (χ3v) is 7.25. The van der Waals surface area contributed by atoms with Crippen molar-refractivity contribution in [2.24, 2.45) is 0 Å². The van der Waals surface area contributed by atoms with Gasteiger partial charge in [0.25, 0.3) is 10.0 Å². The number of sulfonamides is 1. The molecular formula is C25H29N3O4S. The van der Waals surface area contributed by atoms with E-state index in [0.29, 0.717) is 30.1 Å². The van der Waals surface area contributed by atoms with E-state index in [4.69, 9.17) is 4.74 Å². The average molecular weight is 468 g/mol. The Morgan fingerprint density at radius 1 is 0.970 bits per heavy atom. The van der Waals surface area contributed by atoms with Crippen LogP contribution >= 0.6 is 0 Å². The van der Waals surface area contributed by atoms with Crippen LogP contribution in [0.2, 0.25) is 0 Å². The molecule has 0 atom stereocenters. The lowest BCUT2D eigenvalue weighted by Gasteiger charge is -2.29. The maximum atomic E-state index is 13.8. The SMILES string of the molecule is CCN(Cc1cccc(C)n1)C(=O)CN(c1ccccc1OC)S(=O)(=O)c1ccccc1C. The number of hydrogen-bond acceptors (Lipinski definition) is 5. The number of para-hydroxylation sites is 2. The molecule has 174 valence electrons. The molecule has 0 unspecified atom stereocenters. The fourth-order valence-corrected chi connectivity index (χ4v) is 5.24. The van der Waals surface area contributed by atoms with Gasteiger partial charge in [-0.05, 0) is 56.7 Å². The number of pyridine rings is 1. The molecular weight excluding hydrogens is 438 g/mol. The number of carbonyl (C=O) groups is 1. The van der Waals surface area contributed by atoms with Gasteiger partial charge in [-0.15, -0.1) is 0 Å². The highest BCUT2D eigenvalue weighted by Gasteiger charge is 2.31. The first-order chi connectivity index (χ1) is 15.8. The van der Waals surface area contributed by atoms with Crippen LogP contribution in [0.1, 0.15) is 23.9 Å². The zero-order valence-corrected chi connectivity index (χ0v) is 20.2. The van der Waals surface area contributed by atoms with Crippen molar-refractivity contribution in [1.29, 1.82) is 0 Å². The molecule has 0 bridgehead atoms. The van der Waals surface area contributed by atoms with Crippen LogP contribution in [0.3, 0.4) is 0 Å². The summed E-state index contributed by atoms with van der Waals surface area (Å²) in [6, 6.07) is 19.1. The van der Waals surface area contributed by atoms with Crippen LogP contribution in [0.15, 0.2) is 71.6 Å². The highest BCUT2D eigenvalue weighted by Crippen LogP contribution is 2.33. The van der Waals surface area contributed by atoms with Crippen LogP contribution in [0.25, 0.3) is 0 Å². The molecule has 0 N–H and O–H groups in total. The van der Waals surface area contributed by atoms with E-state index < -0.39 is 10.0 Å². The molecule has 0 radical (unpaired) electrons. The summed E-state index contributed by atoms with van der Waals surface area (Å²) in [5, 5.41) is 0. The predicted molar refractivity (Wildman–Crippen MR) is 129 cm³/mol. The quantitative estimate of drug-likeness (QED) is 0.476. The number of likely N-dealkylation sites (N-methyl/N-ethyl adjacent to an activating group) is 1. The van der Waals surface area contributed by atoms with E-state index in [1.807, 2.05) is 32.0 Å². The molecule has 0 aliphatic rings. The number of benzene rings is 2. The monoisotopic (exact) mass is 467 g/mol. The van der Waals surface area contributed by atoms with Crippen molar-refractivity contribution in [1.82, 2.24) is 9.88 Å². The van der Waals surface area contributed by atoms with Crippen LogP contribution in [0.4, 0.5) is 5.69 Å². The van der Waals surface area contributed by atoms with Gasteiger partial charge in [0.1, 0.15) is 12.3 Å². The van der Waals surface area contributed by atoms with Gasteiger partial charge in [-0.25, -0.2) is 8.42 Å². The summed E-state index contributed by atoms with van der Waals surface area (Å²) in [6.07, 6.45) is 0. The van der Waals surface area contributed by atoms with Gasteiger partial charge in [0.15, 0.2) is 0 Å². The molecule has 0 spiro atoms. The summed E-state index contributed by atoms with van der Waals surface area (Å²) in [4.78, 5) is 19.6. The topological polar surface area (TPSA) is 79.8 Å². The van der Waals surface area contributed by atoms with Crippen LogP contribution in [0.5, 0.6) is 5.75 Å². The number of rotatable bonds is 9. The van der Waals surface area contributed by atoms with Gasteiger partial charge < -0.3 is 9.64 Å². The summed E-state index contributed by atoms with van der Waals surface area (Å²) in [5.74, 6) is 0.0368. The summed E-state index contributed by atoms with van der Waals surface area (Å²) in [6.45, 7) is 5.82. The van der Waals surface area contributed by atoms with Gasteiger partial charge in [-0.1, -0.05) is 36.4 Å². The lowest BCUT2D eigenvalue weighted by molar-refractivity contribution is -0.130. The van der Waals surface area contributed by atoms with Crippen LogP contribution < -0.4 is 9.04 Å². The molecule has 2 aromatic carbocycles. The van der Waals surface area contributed by atoms with Crippen molar-refractivity contribution < 1.29 is 17.9 Å². The average Bonchev–Trinajstić information content (AvgIpc) is 2.81. The lowest BCUT2D eigenvalue weighted by Crippen LogP contribution is -2.43. The Balaban J connectivity index is 2.01. The second kappa shape index (κ2) is 10.5. The maximum absolute atomic E-state index is 13.8. The number of amides is 1. The number of anilines is 1. The first-order valence-electron chi connectivity index (χ1n) is 10.7. The standard InChI is InChI=1S/C25H29N3O4S/c1-5-27(17-21-13-10-12-20(3)26-21)25(29)18-28(22-14-7-8-15-23(22)32-4)33(30,31)24-16-9-6-11-19(24)2/h6-16H,5,17-18H2,1-4H3. The van der Waals surface area contributed by atoms with E-state index in [1.54, 1.807) is 60.4 Å². The fourth-order valence-electron chi connectivity index (χ4n) is 3.58. The zero-order valence-electron chi connectivity index (χ0n) is 19.4. The minimum atomic E-state index is -4.04. The Kier molecular flexibility index (Phi) is 7.71. The van der Waals surface area contributed by atoms with Gasteiger partial charge in [0.2, 0.25) is 5.91 Å². The third kappa shape index (κ3) is 5.51. The number of carbonyl (C=O) groups excluding carboxylic acids is 1.